The van der Waals surface area contributed by atoms with Gasteiger partial charge in [-0.15, -0.1) is 0 Å². The van der Waals surface area contributed by atoms with E-state index in [1.54, 1.807) is 0 Å². The van der Waals surface area contributed by atoms with E-state index in [0.29, 0.717) is 6.54 Å². The molecule has 1 unspecified atom stereocenters. The van der Waals surface area contributed by atoms with Crippen LogP contribution in [0.1, 0.15) is 29.7 Å². The van der Waals surface area contributed by atoms with Crippen molar-refractivity contribution >= 4 is 21.8 Å². The molecule has 2 rings (SSSR count). The summed E-state index contributed by atoms with van der Waals surface area (Å²) in [6, 6.07) is 16.0. The maximum absolute atomic E-state index is 8.84. The number of nitrogens with zero attached hydrogens (tertiary/aromatic N) is 1. The third-order valence-corrected chi connectivity index (χ3v) is 3.84. The van der Waals surface area contributed by atoms with Crippen LogP contribution in [0.2, 0.25) is 0 Å². The molecule has 110 valence electrons. The van der Waals surface area contributed by atoms with Crippen LogP contribution in [-0.2, 0) is 6.54 Å². The summed E-state index contributed by atoms with van der Waals surface area (Å²) in [5, 5.41) is 15.4. The second kappa shape index (κ2) is 7.24. The summed E-state index contributed by atoms with van der Waals surface area (Å²) < 4.78 is 1.06. The highest BCUT2D eigenvalue weighted by Crippen LogP contribution is 2.18. The highest BCUT2D eigenvalue weighted by atomic mass is 79.9. The highest BCUT2D eigenvalue weighted by Gasteiger charge is 2.09. The van der Waals surface area contributed by atoms with E-state index in [2.05, 4.69) is 45.5 Å². The number of halogens is 1. The third kappa shape index (κ3) is 4.06. The molecule has 0 amide bonds. The predicted octanol–water partition coefficient (Wildman–Crippen LogP) is 3.39. The van der Waals surface area contributed by atoms with Crippen molar-refractivity contribution in [3.8, 4) is 0 Å². The van der Waals surface area contributed by atoms with Crippen molar-refractivity contribution in [3.05, 3.63) is 69.7 Å². The smallest absolute Gasteiger partial charge is 0.170 e. The Bertz CT molecular complexity index is 643. The van der Waals surface area contributed by atoms with Gasteiger partial charge in [0.1, 0.15) is 0 Å². The topological polar surface area (TPSA) is 70.6 Å². The number of hydrogen-bond donors (Lipinski definition) is 3. The molecular formula is C16H18BrN3O. The maximum atomic E-state index is 8.84. The van der Waals surface area contributed by atoms with Crippen LogP contribution in [0.5, 0.6) is 0 Å². The molecular weight excluding hydrogens is 330 g/mol. The summed E-state index contributed by atoms with van der Waals surface area (Å²) in [7, 11) is 0. The van der Waals surface area contributed by atoms with E-state index in [1.807, 2.05) is 36.4 Å². The molecule has 0 heterocycles. The number of hydrogen-bond acceptors (Lipinski definition) is 3. The van der Waals surface area contributed by atoms with E-state index in [0.717, 1.165) is 15.6 Å². The van der Waals surface area contributed by atoms with Crippen LogP contribution >= 0.6 is 15.9 Å². The number of nitrogens with one attached hydrogen (secondary N) is 1. The lowest BCUT2D eigenvalue weighted by Crippen LogP contribution is -2.22. The molecule has 2 aromatic carbocycles. The molecule has 5 heteroatoms. The molecule has 0 saturated heterocycles. The summed E-state index contributed by atoms with van der Waals surface area (Å²) in [4.78, 5) is 0. The Morgan fingerprint density at radius 3 is 2.76 bits per heavy atom. The van der Waals surface area contributed by atoms with Gasteiger partial charge in [0.15, 0.2) is 5.84 Å². The molecule has 0 spiro atoms. The van der Waals surface area contributed by atoms with Crippen molar-refractivity contribution in [3.63, 3.8) is 0 Å². The van der Waals surface area contributed by atoms with Gasteiger partial charge in [-0.2, -0.15) is 0 Å². The Hall–Kier alpha value is -1.85. The summed E-state index contributed by atoms with van der Waals surface area (Å²) in [5.74, 6) is 0.127. The molecule has 2 aromatic rings. The van der Waals surface area contributed by atoms with E-state index in [9.17, 15) is 0 Å². The second-order valence-corrected chi connectivity index (χ2v) is 5.72. The van der Waals surface area contributed by atoms with Gasteiger partial charge in [-0.3, -0.25) is 0 Å². The lowest BCUT2D eigenvalue weighted by Gasteiger charge is -2.16. The van der Waals surface area contributed by atoms with Crippen LogP contribution in [0.15, 0.2) is 58.2 Å². The summed E-state index contributed by atoms with van der Waals surface area (Å²) >= 11 is 3.48. The Morgan fingerprint density at radius 1 is 1.29 bits per heavy atom. The van der Waals surface area contributed by atoms with Gasteiger partial charge in [0.25, 0.3) is 0 Å². The van der Waals surface area contributed by atoms with Gasteiger partial charge in [0, 0.05) is 22.6 Å². The zero-order valence-electron chi connectivity index (χ0n) is 11.8. The molecule has 1 atom stereocenters. The molecule has 0 radical (unpaired) electrons. The Morgan fingerprint density at radius 2 is 2.05 bits per heavy atom. The van der Waals surface area contributed by atoms with E-state index in [-0.39, 0.29) is 11.9 Å². The molecule has 0 fully saturated rings. The third-order valence-electron chi connectivity index (χ3n) is 3.35. The molecule has 0 bridgehead atoms. The van der Waals surface area contributed by atoms with E-state index in [1.165, 1.54) is 5.56 Å². The fourth-order valence-electron chi connectivity index (χ4n) is 2.14. The lowest BCUT2D eigenvalue weighted by molar-refractivity contribution is 0.318. The SMILES string of the molecule is CC(NCc1ccccc1C(N)=NO)c1cccc(Br)c1. The first kappa shape index (κ1) is 15.5. The number of oxime groups is 1. The standard InChI is InChI=1S/C16H18BrN3O/c1-11(12-6-4-7-14(17)9-12)19-10-13-5-2-3-8-15(13)16(18)20-21/h2-9,11,19,21H,10H2,1H3,(H2,18,20). The van der Waals surface area contributed by atoms with E-state index in [4.69, 9.17) is 10.9 Å². The predicted molar refractivity (Wildman–Crippen MR) is 88.3 cm³/mol. The molecule has 4 N–H and O–H groups in total. The Kier molecular flexibility index (Phi) is 5.36. The molecule has 21 heavy (non-hydrogen) atoms. The second-order valence-electron chi connectivity index (χ2n) is 4.80. The summed E-state index contributed by atoms with van der Waals surface area (Å²) in [5.41, 5.74) is 8.64. The van der Waals surface area contributed by atoms with Crippen molar-refractivity contribution < 1.29 is 5.21 Å². The van der Waals surface area contributed by atoms with Gasteiger partial charge >= 0.3 is 0 Å². The molecule has 0 aromatic heterocycles. The van der Waals surface area contributed by atoms with Gasteiger partial charge in [-0.1, -0.05) is 57.5 Å². The van der Waals surface area contributed by atoms with Crippen LogP contribution in [0.4, 0.5) is 0 Å². The minimum atomic E-state index is 0.127. The van der Waals surface area contributed by atoms with Gasteiger partial charge in [-0.25, -0.2) is 0 Å². The Labute approximate surface area is 132 Å². The van der Waals surface area contributed by atoms with Crippen molar-refractivity contribution in [2.75, 3.05) is 0 Å². The fraction of sp³-hybridized carbons (Fsp3) is 0.188. The van der Waals surface area contributed by atoms with Crippen molar-refractivity contribution in [2.45, 2.75) is 19.5 Å². The average molecular weight is 348 g/mol. The van der Waals surface area contributed by atoms with E-state index >= 15 is 0 Å². The van der Waals surface area contributed by atoms with Crippen LogP contribution in [-0.4, -0.2) is 11.0 Å². The monoisotopic (exact) mass is 347 g/mol. The largest absolute Gasteiger partial charge is 0.409 e. The number of benzene rings is 2. The minimum Gasteiger partial charge on any atom is -0.409 e. The van der Waals surface area contributed by atoms with Crippen molar-refractivity contribution in [1.82, 2.24) is 5.32 Å². The number of nitrogens with two attached hydrogens (primary N) is 1. The van der Waals surface area contributed by atoms with Crippen LogP contribution in [0, 0.1) is 0 Å². The zero-order valence-corrected chi connectivity index (χ0v) is 13.3. The summed E-state index contributed by atoms with van der Waals surface area (Å²) in [6.07, 6.45) is 0. The zero-order chi connectivity index (χ0) is 15.2. The average Bonchev–Trinajstić information content (AvgIpc) is 2.52. The van der Waals surface area contributed by atoms with Gasteiger partial charge in [0.2, 0.25) is 0 Å². The highest BCUT2D eigenvalue weighted by molar-refractivity contribution is 9.10. The van der Waals surface area contributed by atoms with Crippen LogP contribution in [0.25, 0.3) is 0 Å². The first-order chi connectivity index (χ1) is 10.1. The van der Waals surface area contributed by atoms with Gasteiger partial charge in [-0.05, 0) is 30.2 Å². The number of rotatable bonds is 5. The Balaban J connectivity index is 2.10. The minimum absolute atomic E-state index is 0.127. The molecule has 0 aliphatic carbocycles. The quantitative estimate of drug-likeness (QED) is 0.336. The summed E-state index contributed by atoms with van der Waals surface area (Å²) in [6.45, 7) is 2.74. The van der Waals surface area contributed by atoms with Crippen LogP contribution < -0.4 is 11.1 Å². The normalized spacial score (nSPS) is 13.1. The molecule has 0 aliphatic rings. The van der Waals surface area contributed by atoms with E-state index < -0.39 is 0 Å². The van der Waals surface area contributed by atoms with Crippen molar-refractivity contribution in [1.29, 1.82) is 0 Å². The fourth-order valence-corrected chi connectivity index (χ4v) is 2.55. The van der Waals surface area contributed by atoms with Gasteiger partial charge in [0.05, 0.1) is 0 Å². The number of amidine groups is 1. The molecule has 4 nitrogen and oxygen atoms in total. The molecule has 0 saturated carbocycles. The van der Waals surface area contributed by atoms with Gasteiger partial charge < -0.3 is 16.3 Å². The van der Waals surface area contributed by atoms with Crippen molar-refractivity contribution in [2.24, 2.45) is 10.9 Å². The first-order valence-corrected chi connectivity index (χ1v) is 7.45. The molecule has 0 aliphatic heterocycles. The lowest BCUT2D eigenvalue weighted by atomic mass is 10.0. The first-order valence-electron chi connectivity index (χ1n) is 6.66. The van der Waals surface area contributed by atoms with Crippen LogP contribution in [0.3, 0.4) is 0 Å². The maximum Gasteiger partial charge on any atom is 0.170 e.